The molecule has 2 aromatic heterocycles. The number of rotatable bonds is 0. The predicted octanol–water partition coefficient (Wildman–Crippen LogP) is 0.618. The first-order chi connectivity index (χ1) is 4.47. The van der Waals surface area contributed by atoms with Gasteiger partial charge in [0.2, 0.25) is 0 Å². The monoisotopic (exact) mass is 121 g/mol. The van der Waals surface area contributed by atoms with Gasteiger partial charge in [0, 0.05) is 0 Å². The van der Waals surface area contributed by atoms with Crippen LogP contribution in [0.1, 0.15) is 0 Å². The Morgan fingerprint density at radius 3 is 3.00 bits per heavy atom. The van der Waals surface area contributed by atoms with Gasteiger partial charge in [0.15, 0.2) is 0 Å². The summed E-state index contributed by atoms with van der Waals surface area (Å²) in [5.41, 5.74) is 0.741. The lowest BCUT2D eigenvalue weighted by atomic mass is 10.4. The molecular weight excluding hydrogens is 118 g/mol. The molecular formula is C5H3N3O. The molecule has 2 heterocycles. The van der Waals surface area contributed by atoms with Crippen LogP contribution in [0, 0.1) is 0 Å². The summed E-state index contributed by atoms with van der Waals surface area (Å²) in [4.78, 5) is 0. The van der Waals surface area contributed by atoms with E-state index in [0.717, 1.165) is 10.9 Å². The van der Waals surface area contributed by atoms with E-state index in [-0.39, 0.29) is 0 Å². The first-order valence-corrected chi connectivity index (χ1v) is 2.47. The molecule has 0 fully saturated rings. The average Bonchev–Trinajstić information content (AvgIpc) is 2.33. The molecule has 9 heavy (non-hydrogen) atoms. The number of fused-ring (bicyclic) bond motifs is 1. The van der Waals surface area contributed by atoms with Crippen molar-refractivity contribution in [1.82, 2.24) is 15.4 Å². The lowest BCUT2D eigenvalue weighted by Crippen LogP contribution is -1.75. The topological polar surface area (TPSA) is 51.8 Å². The number of hydrogen-bond donors (Lipinski definition) is 0. The van der Waals surface area contributed by atoms with Gasteiger partial charge in [-0.15, -0.1) is 0 Å². The van der Waals surface area contributed by atoms with Crippen molar-refractivity contribution in [2.75, 3.05) is 0 Å². The summed E-state index contributed by atoms with van der Waals surface area (Å²) in [6.45, 7) is 0. The molecule has 0 amide bonds. The van der Waals surface area contributed by atoms with Gasteiger partial charge in [-0.05, 0) is 0 Å². The Labute approximate surface area is 50.5 Å². The Balaban J connectivity index is 2.95. The zero-order chi connectivity index (χ0) is 6.10. The van der Waals surface area contributed by atoms with E-state index < -0.39 is 0 Å². The summed E-state index contributed by atoms with van der Waals surface area (Å²) >= 11 is 0. The number of hydrogen-bond acceptors (Lipinski definition) is 4. The van der Waals surface area contributed by atoms with Gasteiger partial charge in [-0.25, -0.2) is 0 Å². The Bertz CT molecular complexity index is 286. The first kappa shape index (κ1) is 4.43. The van der Waals surface area contributed by atoms with E-state index in [1.54, 1.807) is 12.4 Å². The van der Waals surface area contributed by atoms with E-state index in [1.807, 2.05) is 0 Å². The smallest absolute Gasteiger partial charge is 0.135 e. The van der Waals surface area contributed by atoms with Crippen LogP contribution in [-0.2, 0) is 0 Å². The second-order valence-corrected chi connectivity index (χ2v) is 1.64. The fraction of sp³-hybridized carbons (Fsp3) is 0. The van der Waals surface area contributed by atoms with Gasteiger partial charge in [0.05, 0.1) is 17.8 Å². The van der Waals surface area contributed by atoms with Crippen LogP contribution in [0.3, 0.4) is 0 Å². The van der Waals surface area contributed by atoms with Crippen molar-refractivity contribution < 1.29 is 4.52 Å². The summed E-state index contributed by atoms with van der Waals surface area (Å²) in [5.74, 6) is 0. The highest BCUT2D eigenvalue weighted by Crippen LogP contribution is 2.05. The molecule has 2 aromatic rings. The zero-order valence-electron chi connectivity index (χ0n) is 4.48. The third-order valence-electron chi connectivity index (χ3n) is 1.07. The molecule has 0 bridgehead atoms. The van der Waals surface area contributed by atoms with Crippen molar-refractivity contribution >= 4 is 10.9 Å². The Morgan fingerprint density at radius 1 is 1.22 bits per heavy atom. The van der Waals surface area contributed by atoms with Crippen molar-refractivity contribution in [3.05, 3.63) is 18.7 Å². The van der Waals surface area contributed by atoms with Crippen LogP contribution in [0.2, 0.25) is 0 Å². The van der Waals surface area contributed by atoms with E-state index in [9.17, 15) is 0 Å². The van der Waals surface area contributed by atoms with Crippen molar-refractivity contribution in [3.8, 4) is 0 Å². The van der Waals surface area contributed by atoms with Crippen molar-refractivity contribution in [2.24, 2.45) is 0 Å². The van der Waals surface area contributed by atoms with Gasteiger partial charge < -0.3 is 4.52 Å². The lowest BCUT2D eigenvalue weighted by molar-refractivity contribution is 0.428. The molecule has 0 saturated carbocycles. The summed E-state index contributed by atoms with van der Waals surface area (Å²) in [6.07, 6.45) is 4.69. The Kier molecular flexibility index (Phi) is 0.745. The fourth-order valence-electron chi connectivity index (χ4n) is 0.631. The molecule has 4 nitrogen and oxygen atoms in total. The SMILES string of the molecule is c1nncc2nocc12. The average molecular weight is 121 g/mol. The summed E-state index contributed by atoms with van der Waals surface area (Å²) in [5, 5.41) is 11.8. The number of aromatic nitrogens is 3. The maximum Gasteiger partial charge on any atom is 0.135 e. The van der Waals surface area contributed by atoms with Crippen molar-refractivity contribution in [2.45, 2.75) is 0 Å². The first-order valence-electron chi connectivity index (χ1n) is 2.47. The van der Waals surface area contributed by atoms with Crippen molar-refractivity contribution in [1.29, 1.82) is 0 Å². The van der Waals surface area contributed by atoms with E-state index in [1.165, 1.54) is 6.26 Å². The highest BCUT2D eigenvalue weighted by molar-refractivity contribution is 5.74. The normalized spacial score (nSPS) is 10.2. The Morgan fingerprint density at radius 2 is 2.11 bits per heavy atom. The van der Waals surface area contributed by atoms with E-state index in [2.05, 4.69) is 19.9 Å². The second kappa shape index (κ2) is 1.51. The van der Waals surface area contributed by atoms with E-state index in [0.29, 0.717) is 0 Å². The maximum atomic E-state index is 4.63. The summed E-state index contributed by atoms with van der Waals surface area (Å²) < 4.78 is 4.63. The predicted molar refractivity (Wildman–Crippen MR) is 29.6 cm³/mol. The van der Waals surface area contributed by atoms with Crippen LogP contribution in [0.25, 0.3) is 10.9 Å². The van der Waals surface area contributed by atoms with Crippen LogP contribution in [-0.4, -0.2) is 15.4 Å². The van der Waals surface area contributed by atoms with Gasteiger partial charge >= 0.3 is 0 Å². The van der Waals surface area contributed by atoms with Gasteiger partial charge in [-0.3, -0.25) is 0 Å². The Hall–Kier alpha value is -1.45. The molecule has 0 unspecified atom stereocenters. The lowest BCUT2D eigenvalue weighted by Gasteiger charge is -1.76. The van der Waals surface area contributed by atoms with E-state index >= 15 is 0 Å². The van der Waals surface area contributed by atoms with Gasteiger partial charge in [0.1, 0.15) is 11.8 Å². The summed E-state index contributed by atoms with van der Waals surface area (Å²) in [7, 11) is 0. The van der Waals surface area contributed by atoms with Crippen LogP contribution in [0.15, 0.2) is 23.2 Å². The second-order valence-electron chi connectivity index (χ2n) is 1.64. The molecule has 0 spiro atoms. The quantitative estimate of drug-likeness (QED) is 0.512. The minimum absolute atomic E-state index is 0.741. The maximum absolute atomic E-state index is 4.63. The molecule has 0 saturated heterocycles. The molecule has 44 valence electrons. The molecule has 0 radical (unpaired) electrons. The van der Waals surface area contributed by atoms with Gasteiger partial charge in [-0.2, -0.15) is 10.2 Å². The van der Waals surface area contributed by atoms with Gasteiger partial charge in [0.25, 0.3) is 0 Å². The molecule has 0 atom stereocenters. The minimum Gasteiger partial charge on any atom is -0.363 e. The highest BCUT2D eigenvalue weighted by Gasteiger charge is 1.93. The molecule has 2 rings (SSSR count). The molecule has 0 aliphatic rings. The summed E-state index contributed by atoms with van der Waals surface area (Å²) in [6, 6.07) is 0. The van der Waals surface area contributed by atoms with Gasteiger partial charge in [-0.1, -0.05) is 5.16 Å². The molecule has 0 N–H and O–H groups in total. The van der Waals surface area contributed by atoms with E-state index in [4.69, 9.17) is 0 Å². The minimum atomic E-state index is 0.741. The van der Waals surface area contributed by atoms with Crippen LogP contribution in [0.5, 0.6) is 0 Å². The highest BCUT2D eigenvalue weighted by atomic mass is 16.5. The molecule has 0 aliphatic carbocycles. The zero-order valence-corrected chi connectivity index (χ0v) is 4.48. The fourth-order valence-corrected chi connectivity index (χ4v) is 0.631. The van der Waals surface area contributed by atoms with Crippen molar-refractivity contribution in [3.63, 3.8) is 0 Å². The third-order valence-corrected chi connectivity index (χ3v) is 1.07. The number of nitrogens with zero attached hydrogens (tertiary/aromatic N) is 3. The molecule has 0 aromatic carbocycles. The molecule has 4 heteroatoms. The van der Waals surface area contributed by atoms with Crippen LogP contribution >= 0.6 is 0 Å². The van der Waals surface area contributed by atoms with Crippen LogP contribution < -0.4 is 0 Å². The van der Waals surface area contributed by atoms with Crippen LogP contribution in [0.4, 0.5) is 0 Å². The largest absolute Gasteiger partial charge is 0.363 e. The standard InChI is InChI=1S/C5H3N3O/c1-4-3-9-8-5(4)2-7-6-1/h1-3H. The molecule has 0 aliphatic heterocycles. The third kappa shape index (κ3) is 0.561.